The lowest BCUT2D eigenvalue weighted by atomic mass is 9.73. The molecule has 1 N–H and O–H groups in total. The van der Waals surface area contributed by atoms with Crippen LogP contribution in [-0.4, -0.2) is 51.0 Å². The van der Waals surface area contributed by atoms with Crippen LogP contribution >= 0.6 is 0 Å². The highest BCUT2D eigenvalue weighted by molar-refractivity contribution is 5.99. The van der Waals surface area contributed by atoms with Crippen molar-refractivity contribution in [1.82, 2.24) is 4.98 Å². The van der Waals surface area contributed by atoms with Gasteiger partial charge in [0.15, 0.2) is 0 Å². The number of methoxy groups -OCH3 is 1. The van der Waals surface area contributed by atoms with E-state index in [0.29, 0.717) is 63.1 Å². The lowest BCUT2D eigenvalue weighted by molar-refractivity contribution is -0.125. The summed E-state index contributed by atoms with van der Waals surface area (Å²) >= 11 is 0. The fourth-order valence-corrected chi connectivity index (χ4v) is 3.62. The maximum absolute atomic E-state index is 13.5. The molecule has 1 amide bonds. The Kier molecular flexibility index (Phi) is 7.65. The monoisotopic (exact) mass is 414 g/mol. The fraction of sp³-hybridized carbons (Fsp3) is 0.478. The van der Waals surface area contributed by atoms with E-state index in [-0.39, 0.29) is 5.91 Å². The Bertz CT molecular complexity index is 832. The molecule has 1 aromatic carbocycles. The number of nitrogens with one attached hydrogen (secondary N) is 1. The van der Waals surface area contributed by atoms with E-state index in [1.807, 2.05) is 44.2 Å². The molecule has 2 aromatic rings. The van der Waals surface area contributed by atoms with E-state index in [4.69, 9.17) is 18.9 Å². The molecule has 1 aliphatic rings. The first-order chi connectivity index (χ1) is 14.6. The van der Waals surface area contributed by atoms with Crippen molar-refractivity contribution >= 4 is 11.6 Å². The Balaban J connectivity index is 1.75. The molecule has 0 unspecified atom stereocenters. The Morgan fingerprint density at radius 1 is 1.13 bits per heavy atom. The molecule has 7 heteroatoms. The topological polar surface area (TPSA) is 78.9 Å². The van der Waals surface area contributed by atoms with Crippen molar-refractivity contribution in [1.29, 1.82) is 0 Å². The summed E-state index contributed by atoms with van der Waals surface area (Å²) in [5.74, 6) is 1.23. The van der Waals surface area contributed by atoms with Gasteiger partial charge in [-0.2, -0.15) is 0 Å². The van der Waals surface area contributed by atoms with Crippen molar-refractivity contribution in [2.75, 3.05) is 45.5 Å². The molecule has 1 saturated heterocycles. The van der Waals surface area contributed by atoms with Gasteiger partial charge in [0.2, 0.25) is 11.8 Å². The Labute approximate surface area is 177 Å². The van der Waals surface area contributed by atoms with Crippen molar-refractivity contribution < 1.29 is 23.7 Å². The number of hydrogen-bond donors (Lipinski definition) is 1. The number of rotatable bonds is 9. The standard InChI is InChI=1S/C23H30N2O5/c1-4-28-15-16-30-21-10-9-20(17(2)24-21)25-22(26)23(11-13-29-14-12-23)18-5-7-19(27-3)8-6-18/h5-10H,4,11-16H2,1-3H3,(H,25,26). The molecular formula is C23H30N2O5. The molecule has 162 valence electrons. The first kappa shape index (κ1) is 22.1. The van der Waals surface area contributed by atoms with Crippen molar-refractivity contribution in [2.45, 2.75) is 32.1 Å². The number of hydrogen-bond acceptors (Lipinski definition) is 6. The summed E-state index contributed by atoms with van der Waals surface area (Å²) in [5, 5.41) is 3.08. The highest BCUT2D eigenvalue weighted by Gasteiger charge is 2.42. The number of ether oxygens (including phenoxy) is 4. The van der Waals surface area contributed by atoms with Gasteiger partial charge in [0.25, 0.3) is 0 Å². The lowest BCUT2D eigenvalue weighted by Gasteiger charge is -2.36. The highest BCUT2D eigenvalue weighted by atomic mass is 16.5. The molecule has 1 aliphatic heterocycles. The van der Waals surface area contributed by atoms with Crippen molar-refractivity contribution in [3.8, 4) is 11.6 Å². The maximum Gasteiger partial charge on any atom is 0.235 e. The molecule has 0 atom stereocenters. The van der Waals surface area contributed by atoms with E-state index in [1.54, 1.807) is 13.2 Å². The molecule has 0 aliphatic carbocycles. The normalized spacial score (nSPS) is 15.4. The molecule has 0 bridgehead atoms. The highest BCUT2D eigenvalue weighted by Crippen LogP contribution is 2.37. The zero-order valence-corrected chi connectivity index (χ0v) is 17.9. The summed E-state index contributed by atoms with van der Waals surface area (Å²) in [5.41, 5.74) is 1.69. The second-order valence-electron chi connectivity index (χ2n) is 7.20. The first-order valence-corrected chi connectivity index (χ1v) is 10.3. The van der Waals surface area contributed by atoms with E-state index >= 15 is 0 Å². The molecule has 3 rings (SSSR count). The van der Waals surface area contributed by atoms with E-state index in [9.17, 15) is 4.79 Å². The second-order valence-corrected chi connectivity index (χ2v) is 7.20. The van der Waals surface area contributed by atoms with Crippen LogP contribution in [0.2, 0.25) is 0 Å². The van der Waals surface area contributed by atoms with Crippen LogP contribution in [0.15, 0.2) is 36.4 Å². The van der Waals surface area contributed by atoms with Gasteiger partial charge in [-0.25, -0.2) is 4.98 Å². The van der Waals surface area contributed by atoms with E-state index < -0.39 is 5.41 Å². The number of carbonyl (C=O) groups excluding carboxylic acids is 1. The van der Waals surface area contributed by atoms with Crippen LogP contribution in [0.4, 0.5) is 5.69 Å². The lowest BCUT2D eigenvalue weighted by Crippen LogP contribution is -2.45. The van der Waals surface area contributed by atoms with E-state index in [1.165, 1.54) is 0 Å². The minimum absolute atomic E-state index is 0.0501. The van der Waals surface area contributed by atoms with Crippen LogP contribution in [0, 0.1) is 6.92 Å². The first-order valence-electron chi connectivity index (χ1n) is 10.3. The van der Waals surface area contributed by atoms with Crippen molar-refractivity contribution in [3.63, 3.8) is 0 Å². The van der Waals surface area contributed by atoms with Gasteiger partial charge in [-0.3, -0.25) is 4.79 Å². The smallest absolute Gasteiger partial charge is 0.235 e. The summed E-state index contributed by atoms with van der Waals surface area (Å²) in [6.45, 7) is 6.50. The van der Waals surface area contributed by atoms with Gasteiger partial charge in [-0.15, -0.1) is 0 Å². The Morgan fingerprint density at radius 3 is 2.50 bits per heavy atom. The third-order valence-electron chi connectivity index (χ3n) is 5.41. The van der Waals surface area contributed by atoms with Gasteiger partial charge in [0, 0.05) is 25.9 Å². The van der Waals surface area contributed by atoms with Crippen molar-refractivity contribution in [2.24, 2.45) is 0 Å². The number of amides is 1. The van der Waals surface area contributed by atoms with Gasteiger partial charge in [-0.1, -0.05) is 12.1 Å². The number of benzene rings is 1. The largest absolute Gasteiger partial charge is 0.497 e. The van der Waals surface area contributed by atoms with Crippen molar-refractivity contribution in [3.05, 3.63) is 47.7 Å². The predicted molar refractivity (Wildman–Crippen MR) is 114 cm³/mol. The van der Waals surface area contributed by atoms with Crippen LogP contribution in [-0.2, 0) is 19.7 Å². The summed E-state index contributed by atoms with van der Waals surface area (Å²) in [6, 6.07) is 11.3. The van der Waals surface area contributed by atoms with Crippen LogP contribution in [0.25, 0.3) is 0 Å². The maximum atomic E-state index is 13.5. The predicted octanol–water partition coefficient (Wildman–Crippen LogP) is 3.50. The quantitative estimate of drug-likeness (QED) is 0.633. The number of aryl methyl sites for hydroxylation is 1. The van der Waals surface area contributed by atoms with Gasteiger partial charge in [0.05, 0.1) is 30.5 Å². The van der Waals surface area contributed by atoms with E-state index in [0.717, 1.165) is 11.3 Å². The van der Waals surface area contributed by atoms with E-state index in [2.05, 4.69) is 10.3 Å². The van der Waals surface area contributed by atoms with Gasteiger partial charge < -0.3 is 24.3 Å². The molecule has 7 nitrogen and oxygen atoms in total. The number of carbonyl (C=O) groups is 1. The molecule has 1 aromatic heterocycles. The van der Waals surface area contributed by atoms with Crippen LogP contribution in [0.1, 0.15) is 31.0 Å². The van der Waals surface area contributed by atoms with Gasteiger partial charge in [-0.05, 0) is 50.5 Å². The number of pyridine rings is 1. The summed E-state index contributed by atoms with van der Waals surface area (Å²) in [7, 11) is 1.63. The number of nitrogens with zero attached hydrogens (tertiary/aromatic N) is 1. The molecule has 2 heterocycles. The summed E-state index contributed by atoms with van der Waals surface area (Å²) < 4.78 is 21.7. The molecule has 0 radical (unpaired) electrons. The van der Waals surface area contributed by atoms with Crippen LogP contribution in [0.3, 0.4) is 0 Å². The Morgan fingerprint density at radius 2 is 1.87 bits per heavy atom. The minimum Gasteiger partial charge on any atom is -0.497 e. The molecule has 1 fully saturated rings. The number of anilines is 1. The zero-order valence-electron chi connectivity index (χ0n) is 17.9. The van der Waals surface area contributed by atoms with Crippen LogP contribution < -0.4 is 14.8 Å². The molecule has 0 spiro atoms. The third kappa shape index (κ3) is 5.09. The number of aromatic nitrogens is 1. The third-order valence-corrected chi connectivity index (χ3v) is 5.41. The van der Waals surface area contributed by atoms with Gasteiger partial charge in [0.1, 0.15) is 12.4 Å². The van der Waals surface area contributed by atoms with Crippen LogP contribution in [0.5, 0.6) is 11.6 Å². The molecule has 30 heavy (non-hydrogen) atoms. The van der Waals surface area contributed by atoms with Gasteiger partial charge >= 0.3 is 0 Å². The molecular weight excluding hydrogens is 384 g/mol. The minimum atomic E-state index is -0.649. The average molecular weight is 415 g/mol. The summed E-state index contributed by atoms with van der Waals surface area (Å²) in [6.07, 6.45) is 1.24. The second kappa shape index (κ2) is 10.4. The zero-order chi connectivity index (χ0) is 21.4. The average Bonchev–Trinajstić information content (AvgIpc) is 2.79. The SMILES string of the molecule is CCOCCOc1ccc(NC(=O)C2(c3ccc(OC)cc3)CCOCC2)c(C)n1. The summed E-state index contributed by atoms with van der Waals surface area (Å²) in [4.78, 5) is 17.9. The fourth-order valence-electron chi connectivity index (χ4n) is 3.62. The molecule has 0 saturated carbocycles. The Hall–Kier alpha value is -2.64.